The highest BCUT2D eigenvalue weighted by atomic mass is 32.2. The highest BCUT2D eigenvalue weighted by molar-refractivity contribution is 7.88. The van der Waals surface area contributed by atoms with Crippen molar-refractivity contribution in [3.63, 3.8) is 0 Å². The van der Waals surface area contributed by atoms with Gasteiger partial charge in [0, 0.05) is 13.1 Å². The summed E-state index contributed by atoms with van der Waals surface area (Å²) in [7, 11) is -3.25. The zero-order chi connectivity index (χ0) is 14.2. The SMILES string of the molecule is N#Cc1ccc(CS(=O)(=O)N2CC3CNCC3C2)cc1. The first-order valence-electron chi connectivity index (χ1n) is 6.76. The summed E-state index contributed by atoms with van der Waals surface area (Å²) in [6.45, 7) is 3.12. The van der Waals surface area contributed by atoms with Gasteiger partial charge in [-0.1, -0.05) is 12.1 Å². The van der Waals surface area contributed by atoms with Crippen LogP contribution in [0.1, 0.15) is 11.1 Å². The summed E-state index contributed by atoms with van der Waals surface area (Å²) in [5.74, 6) is 0.947. The van der Waals surface area contributed by atoms with Crippen molar-refractivity contribution in [1.29, 1.82) is 5.26 Å². The molecule has 2 aliphatic heterocycles. The van der Waals surface area contributed by atoms with E-state index in [0.29, 0.717) is 30.5 Å². The van der Waals surface area contributed by atoms with Crippen molar-refractivity contribution in [3.8, 4) is 6.07 Å². The molecule has 2 aliphatic rings. The van der Waals surface area contributed by atoms with Gasteiger partial charge in [-0.25, -0.2) is 12.7 Å². The molecular weight excluding hydrogens is 274 g/mol. The van der Waals surface area contributed by atoms with Crippen molar-refractivity contribution < 1.29 is 8.42 Å². The third-order valence-electron chi connectivity index (χ3n) is 4.18. The topological polar surface area (TPSA) is 73.2 Å². The van der Waals surface area contributed by atoms with Crippen LogP contribution >= 0.6 is 0 Å². The number of nitrogens with one attached hydrogen (secondary N) is 1. The van der Waals surface area contributed by atoms with Crippen LogP contribution in [0.25, 0.3) is 0 Å². The van der Waals surface area contributed by atoms with Crippen LogP contribution in [-0.4, -0.2) is 38.9 Å². The second kappa shape index (κ2) is 5.17. The maximum Gasteiger partial charge on any atom is 0.218 e. The van der Waals surface area contributed by atoms with E-state index < -0.39 is 10.0 Å². The van der Waals surface area contributed by atoms with Gasteiger partial charge in [-0.2, -0.15) is 5.26 Å². The Bertz CT molecular complexity index is 621. The third kappa shape index (κ3) is 2.57. The van der Waals surface area contributed by atoms with Crippen molar-refractivity contribution in [3.05, 3.63) is 35.4 Å². The van der Waals surface area contributed by atoms with Crippen LogP contribution in [0.5, 0.6) is 0 Å². The number of nitriles is 1. The van der Waals surface area contributed by atoms with Gasteiger partial charge >= 0.3 is 0 Å². The molecule has 2 unspecified atom stereocenters. The number of hydrogen-bond donors (Lipinski definition) is 1. The summed E-state index contributed by atoms with van der Waals surface area (Å²) in [5.41, 5.74) is 1.28. The van der Waals surface area contributed by atoms with E-state index in [0.717, 1.165) is 18.7 Å². The fourth-order valence-electron chi connectivity index (χ4n) is 3.02. The number of benzene rings is 1. The smallest absolute Gasteiger partial charge is 0.218 e. The number of hydrogen-bond acceptors (Lipinski definition) is 4. The quantitative estimate of drug-likeness (QED) is 0.882. The van der Waals surface area contributed by atoms with Gasteiger partial charge in [0.15, 0.2) is 0 Å². The molecule has 6 heteroatoms. The van der Waals surface area contributed by atoms with Crippen molar-refractivity contribution in [2.75, 3.05) is 26.2 Å². The molecule has 2 heterocycles. The van der Waals surface area contributed by atoms with Crippen LogP contribution in [0.2, 0.25) is 0 Å². The lowest BCUT2D eigenvalue weighted by atomic mass is 10.0. The van der Waals surface area contributed by atoms with Crippen molar-refractivity contribution in [2.24, 2.45) is 11.8 Å². The van der Waals surface area contributed by atoms with Crippen LogP contribution in [-0.2, 0) is 15.8 Å². The summed E-state index contributed by atoms with van der Waals surface area (Å²) in [6, 6.07) is 8.79. The lowest BCUT2D eigenvalue weighted by Gasteiger charge is -2.17. The highest BCUT2D eigenvalue weighted by Crippen LogP contribution is 2.29. The van der Waals surface area contributed by atoms with E-state index in [9.17, 15) is 8.42 Å². The molecule has 2 saturated heterocycles. The van der Waals surface area contributed by atoms with Gasteiger partial charge in [0.2, 0.25) is 10.0 Å². The van der Waals surface area contributed by atoms with Crippen molar-refractivity contribution >= 4 is 10.0 Å². The number of nitrogens with zero attached hydrogens (tertiary/aromatic N) is 2. The molecular formula is C14H17N3O2S. The van der Waals surface area contributed by atoms with Gasteiger partial charge in [-0.05, 0) is 42.6 Å². The molecule has 0 spiro atoms. The summed E-state index contributed by atoms with van der Waals surface area (Å²) < 4.78 is 26.5. The Morgan fingerprint density at radius 2 is 1.80 bits per heavy atom. The minimum Gasteiger partial charge on any atom is -0.316 e. The molecule has 5 nitrogen and oxygen atoms in total. The Morgan fingerprint density at radius 1 is 1.20 bits per heavy atom. The van der Waals surface area contributed by atoms with E-state index in [-0.39, 0.29) is 5.75 Å². The number of sulfonamides is 1. The summed E-state index contributed by atoms with van der Waals surface area (Å²) in [4.78, 5) is 0. The molecule has 0 bridgehead atoms. The normalized spacial score (nSPS) is 26.4. The first-order valence-corrected chi connectivity index (χ1v) is 8.37. The Labute approximate surface area is 119 Å². The molecule has 20 heavy (non-hydrogen) atoms. The second-order valence-electron chi connectivity index (χ2n) is 5.56. The fraction of sp³-hybridized carbons (Fsp3) is 0.500. The Balaban J connectivity index is 1.71. The van der Waals surface area contributed by atoms with Gasteiger partial charge in [0.1, 0.15) is 0 Å². The maximum atomic E-state index is 12.4. The van der Waals surface area contributed by atoms with Crippen LogP contribution in [0.3, 0.4) is 0 Å². The largest absolute Gasteiger partial charge is 0.316 e. The molecule has 0 saturated carbocycles. The lowest BCUT2D eigenvalue weighted by Crippen LogP contribution is -2.32. The molecule has 0 amide bonds. The molecule has 106 valence electrons. The van der Waals surface area contributed by atoms with Crippen LogP contribution < -0.4 is 5.32 Å². The first-order chi connectivity index (χ1) is 9.58. The van der Waals surface area contributed by atoms with Crippen LogP contribution in [0.15, 0.2) is 24.3 Å². The zero-order valence-corrected chi connectivity index (χ0v) is 11.9. The predicted molar refractivity (Wildman–Crippen MR) is 75.2 cm³/mol. The van der Waals surface area contributed by atoms with Gasteiger partial charge < -0.3 is 5.32 Å². The Morgan fingerprint density at radius 3 is 2.35 bits per heavy atom. The Hall–Kier alpha value is -1.42. The second-order valence-corrected chi connectivity index (χ2v) is 7.53. The minimum absolute atomic E-state index is 0.0194. The first kappa shape index (κ1) is 13.6. The monoisotopic (exact) mass is 291 g/mol. The Kier molecular flexibility index (Phi) is 3.50. The van der Waals surface area contributed by atoms with E-state index >= 15 is 0 Å². The highest BCUT2D eigenvalue weighted by Gasteiger charge is 2.40. The van der Waals surface area contributed by atoms with E-state index in [4.69, 9.17) is 5.26 Å². The fourth-order valence-corrected chi connectivity index (χ4v) is 4.65. The number of fused-ring (bicyclic) bond motifs is 1. The van der Waals surface area contributed by atoms with E-state index in [1.54, 1.807) is 28.6 Å². The van der Waals surface area contributed by atoms with Crippen molar-refractivity contribution in [2.45, 2.75) is 5.75 Å². The summed E-state index contributed by atoms with van der Waals surface area (Å²) >= 11 is 0. The zero-order valence-electron chi connectivity index (χ0n) is 11.1. The third-order valence-corrected chi connectivity index (χ3v) is 5.96. The van der Waals surface area contributed by atoms with Gasteiger partial charge in [0.05, 0.1) is 17.4 Å². The molecule has 1 N–H and O–H groups in total. The molecule has 2 fully saturated rings. The molecule has 2 atom stereocenters. The molecule has 1 aromatic carbocycles. The predicted octanol–water partition coefficient (Wildman–Crippen LogP) is 0.539. The molecule has 0 aromatic heterocycles. The van der Waals surface area contributed by atoms with Gasteiger partial charge in [-0.15, -0.1) is 0 Å². The van der Waals surface area contributed by atoms with Crippen molar-refractivity contribution in [1.82, 2.24) is 9.62 Å². The minimum atomic E-state index is -3.25. The van der Waals surface area contributed by atoms with Crippen LogP contribution in [0, 0.1) is 23.2 Å². The van der Waals surface area contributed by atoms with Crippen LogP contribution in [0.4, 0.5) is 0 Å². The summed E-state index contributed by atoms with van der Waals surface area (Å²) in [6.07, 6.45) is 0. The van der Waals surface area contributed by atoms with Gasteiger partial charge in [-0.3, -0.25) is 0 Å². The molecule has 0 radical (unpaired) electrons. The van der Waals surface area contributed by atoms with E-state index in [1.165, 1.54) is 0 Å². The standard InChI is InChI=1S/C14H17N3O2S/c15-5-11-1-3-12(4-2-11)10-20(18,19)17-8-13-6-16-7-14(13)9-17/h1-4,13-14,16H,6-10H2. The lowest BCUT2D eigenvalue weighted by molar-refractivity contribution is 0.447. The molecule has 0 aliphatic carbocycles. The van der Waals surface area contributed by atoms with Gasteiger partial charge in [0.25, 0.3) is 0 Å². The molecule has 1 aromatic rings. The average molecular weight is 291 g/mol. The molecule has 3 rings (SSSR count). The van der Waals surface area contributed by atoms with E-state index in [2.05, 4.69) is 5.32 Å². The number of rotatable bonds is 3. The summed E-state index contributed by atoms with van der Waals surface area (Å²) in [5, 5.41) is 12.0. The average Bonchev–Trinajstić information content (AvgIpc) is 3.00. The van der Waals surface area contributed by atoms with E-state index in [1.807, 2.05) is 6.07 Å². The maximum absolute atomic E-state index is 12.4.